The first kappa shape index (κ1) is 9.84. The average molecular weight is 183 g/mol. The van der Waals surface area contributed by atoms with E-state index < -0.39 is 5.85 Å². The number of isocyanates is 1. The van der Waals surface area contributed by atoms with Crippen LogP contribution in [0, 0.1) is 0 Å². The summed E-state index contributed by atoms with van der Waals surface area (Å²) in [4.78, 5) is 13.2. The van der Waals surface area contributed by atoms with Crippen LogP contribution in [-0.4, -0.2) is 18.5 Å². The fourth-order valence-electron chi connectivity index (χ4n) is 1.07. The summed E-state index contributed by atoms with van der Waals surface area (Å²) in [5, 5.41) is 0. The zero-order valence-corrected chi connectivity index (χ0v) is 7.29. The molecule has 0 spiro atoms. The quantitative estimate of drug-likeness (QED) is 0.495. The third-order valence-electron chi connectivity index (χ3n) is 1.65. The number of hydrogen-bond acceptors (Lipinski definition) is 3. The summed E-state index contributed by atoms with van der Waals surface area (Å²) in [7, 11) is 0. The number of ether oxygens (including phenoxy) is 1. The van der Waals surface area contributed by atoms with Gasteiger partial charge in [-0.25, -0.2) is 9.18 Å². The highest BCUT2D eigenvalue weighted by Gasteiger charge is 2.27. The maximum atomic E-state index is 13.5. The highest BCUT2D eigenvalue weighted by Crippen LogP contribution is 2.26. The maximum absolute atomic E-state index is 13.5. The predicted molar refractivity (Wildman–Crippen MR) is 45.4 cm³/mol. The van der Waals surface area contributed by atoms with Crippen molar-refractivity contribution < 1.29 is 13.9 Å². The summed E-state index contributed by atoms with van der Waals surface area (Å²) >= 11 is 0. The van der Waals surface area contributed by atoms with Crippen molar-refractivity contribution in [2.45, 2.75) is 19.2 Å². The number of alkyl halides is 1. The van der Waals surface area contributed by atoms with Gasteiger partial charge >= 0.3 is 0 Å². The molecule has 70 valence electrons. The summed E-state index contributed by atoms with van der Waals surface area (Å²) in [6.45, 7) is 2.03. The molecule has 0 aromatic carbocycles. The van der Waals surface area contributed by atoms with Crippen LogP contribution in [0.25, 0.3) is 0 Å². The van der Waals surface area contributed by atoms with Crippen LogP contribution in [0.1, 0.15) is 13.3 Å². The summed E-state index contributed by atoms with van der Waals surface area (Å²) in [6.07, 6.45) is 5.63. The Balaban J connectivity index is 2.66. The lowest BCUT2D eigenvalue weighted by atomic mass is 10.1. The molecule has 0 radical (unpaired) electrons. The van der Waals surface area contributed by atoms with Crippen molar-refractivity contribution >= 4 is 6.08 Å². The Morgan fingerprint density at radius 1 is 1.85 bits per heavy atom. The van der Waals surface area contributed by atoms with Crippen molar-refractivity contribution in [1.82, 2.24) is 0 Å². The lowest BCUT2D eigenvalue weighted by molar-refractivity contribution is -0.0996. The largest absolute Gasteiger partial charge is 0.343 e. The molecule has 4 heteroatoms. The zero-order chi connectivity index (χ0) is 9.73. The number of allylic oxidation sites excluding steroid dienone is 1. The van der Waals surface area contributed by atoms with Crippen molar-refractivity contribution in [2.24, 2.45) is 4.99 Å². The van der Waals surface area contributed by atoms with Gasteiger partial charge in [0.25, 0.3) is 0 Å². The first-order valence-corrected chi connectivity index (χ1v) is 4.00. The smallest absolute Gasteiger partial charge is 0.240 e. The van der Waals surface area contributed by atoms with Crippen LogP contribution in [0.3, 0.4) is 0 Å². The van der Waals surface area contributed by atoms with Gasteiger partial charge in [-0.15, -0.1) is 0 Å². The molecule has 0 bridgehead atoms. The molecule has 1 aliphatic carbocycles. The minimum atomic E-state index is -1.74. The van der Waals surface area contributed by atoms with Gasteiger partial charge in [-0.05, 0) is 19.1 Å². The number of halogens is 1. The summed E-state index contributed by atoms with van der Waals surface area (Å²) in [5.74, 6) is -1.74. The normalized spacial score (nSPS) is 26.5. The molecule has 0 N–H and O–H groups in total. The summed E-state index contributed by atoms with van der Waals surface area (Å²) in [6, 6.07) is 0. The van der Waals surface area contributed by atoms with Crippen molar-refractivity contribution in [3.63, 3.8) is 0 Å². The molecular weight excluding hydrogens is 173 g/mol. The van der Waals surface area contributed by atoms with Gasteiger partial charge in [0.05, 0.1) is 5.70 Å². The van der Waals surface area contributed by atoms with E-state index in [9.17, 15) is 9.18 Å². The first-order chi connectivity index (χ1) is 6.20. The third-order valence-corrected chi connectivity index (χ3v) is 1.65. The van der Waals surface area contributed by atoms with Crippen LogP contribution in [-0.2, 0) is 9.53 Å². The van der Waals surface area contributed by atoms with E-state index in [0.717, 1.165) is 0 Å². The lowest BCUT2D eigenvalue weighted by Crippen LogP contribution is -2.25. The Hall–Kier alpha value is -1.25. The Bertz CT molecular complexity index is 292. The van der Waals surface area contributed by atoms with Gasteiger partial charge in [0.1, 0.15) is 0 Å². The Kier molecular flexibility index (Phi) is 3.12. The molecule has 1 aliphatic rings. The standard InChI is InChI=1S/C9H10FNO2/c1-2-13-9(10)5-3-8(4-6-9)11-7-12/h3-5H,2,6H2,1H3. The van der Waals surface area contributed by atoms with Crippen LogP contribution in [0.15, 0.2) is 28.9 Å². The van der Waals surface area contributed by atoms with Gasteiger partial charge in [-0.3, -0.25) is 0 Å². The Labute approximate surface area is 75.6 Å². The van der Waals surface area contributed by atoms with E-state index in [1.54, 1.807) is 6.92 Å². The van der Waals surface area contributed by atoms with Crippen LogP contribution in [0.5, 0.6) is 0 Å². The van der Waals surface area contributed by atoms with E-state index in [0.29, 0.717) is 12.3 Å². The van der Waals surface area contributed by atoms with Gasteiger partial charge in [-0.2, -0.15) is 4.99 Å². The van der Waals surface area contributed by atoms with Gasteiger partial charge < -0.3 is 4.74 Å². The van der Waals surface area contributed by atoms with E-state index in [1.165, 1.54) is 24.3 Å². The molecule has 13 heavy (non-hydrogen) atoms. The van der Waals surface area contributed by atoms with Gasteiger partial charge in [0, 0.05) is 13.0 Å². The lowest BCUT2D eigenvalue weighted by Gasteiger charge is -2.22. The molecule has 0 aliphatic heterocycles. The fourth-order valence-corrected chi connectivity index (χ4v) is 1.07. The SMILES string of the molecule is CCOC1(F)C=CC(N=C=O)=CC1. The van der Waals surface area contributed by atoms with Gasteiger partial charge in [-0.1, -0.05) is 6.08 Å². The number of rotatable bonds is 3. The minimum Gasteiger partial charge on any atom is -0.343 e. The van der Waals surface area contributed by atoms with Crippen molar-refractivity contribution in [3.8, 4) is 0 Å². The van der Waals surface area contributed by atoms with Crippen molar-refractivity contribution in [2.75, 3.05) is 6.61 Å². The second-order valence-corrected chi connectivity index (χ2v) is 2.59. The van der Waals surface area contributed by atoms with Crippen molar-refractivity contribution in [1.29, 1.82) is 0 Å². The second kappa shape index (κ2) is 4.12. The molecule has 0 heterocycles. The highest BCUT2D eigenvalue weighted by atomic mass is 19.2. The topological polar surface area (TPSA) is 38.7 Å². The Morgan fingerprint density at radius 2 is 2.62 bits per heavy atom. The number of carbonyl (C=O) groups excluding carboxylic acids is 1. The molecule has 0 aromatic heterocycles. The summed E-state index contributed by atoms with van der Waals surface area (Å²) in [5.41, 5.74) is 0.419. The molecule has 0 amide bonds. The van der Waals surface area contributed by atoms with Crippen LogP contribution in [0.2, 0.25) is 0 Å². The predicted octanol–water partition coefficient (Wildman–Crippen LogP) is 1.87. The third kappa shape index (κ3) is 2.61. The average Bonchev–Trinajstić information content (AvgIpc) is 2.10. The molecule has 1 rings (SSSR count). The fraction of sp³-hybridized carbons (Fsp3) is 0.444. The Morgan fingerprint density at radius 3 is 3.08 bits per heavy atom. The van der Waals surface area contributed by atoms with Gasteiger partial charge in [0.2, 0.25) is 11.9 Å². The zero-order valence-electron chi connectivity index (χ0n) is 7.29. The molecule has 3 nitrogen and oxygen atoms in total. The number of hydrogen-bond donors (Lipinski definition) is 0. The van der Waals surface area contributed by atoms with Crippen LogP contribution < -0.4 is 0 Å². The maximum Gasteiger partial charge on any atom is 0.240 e. The van der Waals surface area contributed by atoms with E-state index in [-0.39, 0.29) is 6.42 Å². The number of nitrogens with zero attached hydrogens (tertiary/aromatic N) is 1. The molecule has 0 saturated carbocycles. The minimum absolute atomic E-state index is 0.0812. The monoisotopic (exact) mass is 183 g/mol. The van der Waals surface area contributed by atoms with E-state index >= 15 is 0 Å². The molecule has 0 saturated heterocycles. The number of aliphatic imine (C=N–C) groups is 1. The molecule has 1 unspecified atom stereocenters. The van der Waals surface area contributed by atoms with E-state index in [4.69, 9.17) is 4.74 Å². The van der Waals surface area contributed by atoms with E-state index in [1.807, 2.05) is 0 Å². The van der Waals surface area contributed by atoms with Crippen LogP contribution >= 0.6 is 0 Å². The van der Waals surface area contributed by atoms with Gasteiger partial charge in [0.15, 0.2) is 0 Å². The van der Waals surface area contributed by atoms with E-state index in [2.05, 4.69) is 4.99 Å². The second-order valence-electron chi connectivity index (χ2n) is 2.59. The molecule has 0 aromatic rings. The first-order valence-electron chi connectivity index (χ1n) is 4.00. The van der Waals surface area contributed by atoms with Crippen molar-refractivity contribution in [3.05, 3.63) is 23.9 Å². The molecule has 0 fully saturated rings. The summed E-state index contributed by atoms with van der Waals surface area (Å²) < 4.78 is 18.4. The highest BCUT2D eigenvalue weighted by molar-refractivity contribution is 5.40. The van der Waals surface area contributed by atoms with Crippen LogP contribution in [0.4, 0.5) is 4.39 Å². The molecular formula is C9H10FNO2. The molecule has 1 atom stereocenters.